The van der Waals surface area contributed by atoms with Crippen molar-refractivity contribution in [1.82, 2.24) is 4.98 Å². The molecule has 1 aromatic carbocycles. The Morgan fingerprint density at radius 3 is 2.78 bits per heavy atom. The number of nitrogens with zero attached hydrogens (tertiary/aromatic N) is 1. The third kappa shape index (κ3) is 1.71. The van der Waals surface area contributed by atoms with Crippen molar-refractivity contribution in [1.29, 1.82) is 0 Å². The molecule has 2 aliphatic rings. The molecule has 1 aliphatic heterocycles. The molecule has 18 heavy (non-hydrogen) atoms. The number of hydrogen-bond acceptors (Lipinski definition) is 3. The molecular formula is C14H10ClNOS. The summed E-state index contributed by atoms with van der Waals surface area (Å²) in [7, 11) is 0. The third-order valence-corrected chi connectivity index (χ3v) is 4.51. The molecule has 0 saturated heterocycles. The van der Waals surface area contributed by atoms with E-state index in [-0.39, 0.29) is 10.5 Å². The number of halogens is 1. The van der Waals surface area contributed by atoms with Crippen molar-refractivity contribution in [3.05, 3.63) is 50.6 Å². The van der Waals surface area contributed by atoms with E-state index in [1.54, 1.807) is 17.4 Å². The fourth-order valence-electron chi connectivity index (χ4n) is 1.98. The van der Waals surface area contributed by atoms with Crippen LogP contribution >= 0.6 is 22.9 Å². The maximum atomic E-state index is 11.7. The van der Waals surface area contributed by atoms with Crippen LogP contribution in [0.3, 0.4) is 0 Å². The molecule has 4 heteroatoms. The van der Waals surface area contributed by atoms with Gasteiger partial charge in [-0.2, -0.15) is 0 Å². The second-order valence-corrected chi connectivity index (χ2v) is 5.81. The van der Waals surface area contributed by atoms with E-state index < -0.39 is 0 Å². The van der Waals surface area contributed by atoms with Crippen LogP contribution in [0.2, 0.25) is 5.02 Å². The maximum Gasteiger partial charge on any atom is 0.199 e. The molecule has 0 amide bonds. The van der Waals surface area contributed by atoms with Gasteiger partial charge in [0.05, 0.1) is 25.8 Å². The third-order valence-electron chi connectivity index (χ3n) is 2.96. The Kier molecular flexibility index (Phi) is 2.61. The highest BCUT2D eigenvalue weighted by atomic mass is 35.5. The number of hydrogen-bond donors (Lipinski definition) is 0. The van der Waals surface area contributed by atoms with Gasteiger partial charge < -0.3 is 0 Å². The molecule has 0 radical (unpaired) electrons. The van der Waals surface area contributed by atoms with Crippen molar-refractivity contribution in [3.63, 3.8) is 0 Å². The largest absolute Gasteiger partial charge is 0.288 e. The molecule has 0 bridgehead atoms. The molecule has 0 atom stereocenters. The first-order valence-electron chi connectivity index (χ1n) is 5.56. The number of benzene rings is 2. The zero-order valence-electron chi connectivity index (χ0n) is 9.95. The van der Waals surface area contributed by atoms with Crippen LogP contribution in [0, 0.1) is 13.8 Å². The van der Waals surface area contributed by atoms with Crippen molar-refractivity contribution < 1.29 is 0 Å². The molecule has 1 aromatic rings. The van der Waals surface area contributed by atoms with Crippen LogP contribution in [0.5, 0.6) is 0 Å². The highest BCUT2D eigenvalue weighted by molar-refractivity contribution is 7.21. The van der Waals surface area contributed by atoms with E-state index in [1.165, 1.54) is 5.56 Å². The summed E-state index contributed by atoms with van der Waals surface area (Å²) in [6.45, 7) is 3.88. The highest BCUT2D eigenvalue weighted by Crippen LogP contribution is 2.34. The lowest BCUT2D eigenvalue weighted by Crippen LogP contribution is -2.05. The normalized spacial score (nSPS) is 11.3. The first-order valence-corrected chi connectivity index (χ1v) is 6.76. The van der Waals surface area contributed by atoms with Crippen LogP contribution in [-0.4, -0.2) is 4.98 Å². The van der Waals surface area contributed by atoms with Gasteiger partial charge in [0.15, 0.2) is 5.43 Å². The van der Waals surface area contributed by atoms with Crippen molar-refractivity contribution in [2.45, 2.75) is 13.8 Å². The summed E-state index contributed by atoms with van der Waals surface area (Å²) in [4.78, 5) is 17.2. The van der Waals surface area contributed by atoms with Gasteiger partial charge in [-0.1, -0.05) is 17.7 Å². The van der Waals surface area contributed by atoms with Gasteiger partial charge in [0.25, 0.3) is 0 Å². The van der Waals surface area contributed by atoms with Gasteiger partial charge in [0.2, 0.25) is 0 Å². The van der Waals surface area contributed by atoms with Crippen molar-refractivity contribution in [2.75, 3.05) is 0 Å². The van der Waals surface area contributed by atoms with Crippen LogP contribution in [0.15, 0.2) is 29.1 Å². The van der Waals surface area contributed by atoms with Crippen LogP contribution in [0.4, 0.5) is 0 Å². The first kappa shape index (κ1) is 11.6. The summed E-state index contributed by atoms with van der Waals surface area (Å²) in [5.41, 5.74) is 3.58. The second kappa shape index (κ2) is 4.04. The van der Waals surface area contributed by atoms with E-state index >= 15 is 0 Å². The van der Waals surface area contributed by atoms with Crippen molar-refractivity contribution in [2.24, 2.45) is 0 Å². The predicted molar refractivity (Wildman–Crippen MR) is 77.0 cm³/mol. The molecule has 0 N–H and O–H groups in total. The molecule has 1 heterocycles. The second-order valence-electron chi connectivity index (χ2n) is 4.35. The SMILES string of the molecule is Cc1ccc2nc3c(C)c(Cl)c(=O)cc-3sc2c1. The van der Waals surface area contributed by atoms with Crippen LogP contribution in [0.1, 0.15) is 11.1 Å². The molecule has 0 spiro atoms. The fraction of sp³-hybridized carbons (Fsp3) is 0.143. The lowest BCUT2D eigenvalue weighted by atomic mass is 10.1. The molecule has 0 unspecified atom stereocenters. The van der Waals surface area contributed by atoms with Crippen LogP contribution in [0.25, 0.3) is 20.8 Å². The summed E-state index contributed by atoms with van der Waals surface area (Å²) in [6, 6.07) is 7.69. The lowest BCUT2D eigenvalue weighted by molar-refractivity contribution is 1.32. The Labute approximate surface area is 113 Å². The smallest absolute Gasteiger partial charge is 0.199 e. The van der Waals surface area contributed by atoms with Gasteiger partial charge in [0, 0.05) is 6.07 Å². The summed E-state index contributed by atoms with van der Waals surface area (Å²) in [5, 5.41) is 0.272. The molecule has 3 rings (SSSR count). The Morgan fingerprint density at radius 2 is 2.00 bits per heavy atom. The number of aromatic nitrogens is 1. The summed E-state index contributed by atoms with van der Waals surface area (Å²) in [5.74, 6) is 0. The van der Waals surface area contributed by atoms with Crippen LogP contribution in [-0.2, 0) is 0 Å². The van der Waals surface area contributed by atoms with Crippen LogP contribution < -0.4 is 5.43 Å². The van der Waals surface area contributed by atoms with Gasteiger partial charge in [0.1, 0.15) is 0 Å². The maximum absolute atomic E-state index is 11.7. The zero-order chi connectivity index (χ0) is 12.9. The van der Waals surface area contributed by atoms with E-state index in [2.05, 4.69) is 11.1 Å². The van der Waals surface area contributed by atoms with Gasteiger partial charge in [-0.3, -0.25) is 4.79 Å². The highest BCUT2D eigenvalue weighted by Gasteiger charge is 2.15. The standard InChI is InChI=1S/C14H10ClNOS/c1-7-3-4-9-11(5-7)18-12-6-10(17)13(15)8(2)14(12)16-9/h3-6H,1-2H3. The zero-order valence-corrected chi connectivity index (χ0v) is 11.5. The molecule has 0 fully saturated rings. The Balaban J connectivity index is 2.50. The van der Waals surface area contributed by atoms with E-state index in [0.717, 1.165) is 26.4 Å². The Hall–Kier alpha value is -1.45. The first-order chi connectivity index (χ1) is 8.56. The van der Waals surface area contributed by atoms with Gasteiger partial charge in [-0.25, -0.2) is 4.98 Å². The van der Waals surface area contributed by atoms with E-state index in [0.29, 0.717) is 0 Å². The minimum absolute atomic E-state index is 0.133. The quantitative estimate of drug-likeness (QED) is 0.580. The van der Waals surface area contributed by atoms with Gasteiger partial charge >= 0.3 is 0 Å². The average Bonchev–Trinajstić information content (AvgIpc) is 2.34. The Bertz CT molecular complexity index is 794. The molecule has 0 aromatic heterocycles. The molecule has 0 saturated carbocycles. The summed E-state index contributed by atoms with van der Waals surface area (Å²) in [6.07, 6.45) is 0. The van der Waals surface area contributed by atoms with Crippen molar-refractivity contribution >= 4 is 33.2 Å². The Morgan fingerprint density at radius 1 is 1.22 bits per heavy atom. The fourth-order valence-corrected chi connectivity index (χ4v) is 3.28. The number of aryl methyl sites for hydroxylation is 1. The predicted octanol–water partition coefficient (Wildman–Crippen LogP) is 4.03. The van der Waals surface area contributed by atoms with E-state index in [1.807, 2.05) is 26.0 Å². The average molecular weight is 276 g/mol. The monoisotopic (exact) mass is 275 g/mol. The van der Waals surface area contributed by atoms with Crippen molar-refractivity contribution in [3.8, 4) is 10.6 Å². The minimum atomic E-state index is -0.133. The molecule has 1 aliphatic carbocycles. The topological polar surface area (TPSA) is 30.0 Å². The van der Waals surface area contributed by atoms with Gasteiger partial charge in [-0.05, 0) is 37.1 Å². The number of fused-ring (bicyclic) bond motifs is 2. The van der Waals surface area contributed by atoms with E-state index in [9.17, 15) is 4.79 Å². The van der Waals surface area contributed by atoms with E-state index in [4.69, 9.17) is 11.6 Å². The van der Waals surface area contributed by atoms with Gasteiger partial charge in [-0.15, -0.1) is 11.3 Å². The number of rotatable bonds is 0. The minimum Gasteiger partial charge on any atom is -0.288 e. The molecule has 2 nitrogen and oxygen atoms in total. The lowest BCUT2D eigenvalue weighted by Gasteiger charge is -2.10. The summed E-state index contributed by atoms with van der Waals surface area (Å²) >= 11 is 7.57. The molecule has 90 valence electrons. The molecular weight excluding hydrogens is 266 g/mol. The summed E-state index contributed by atoms with van der Waals surface area (Å²) < 4.78 is 1.09.